The van der Waals surface area contributed by atoms with Gasteiger partial charge in [0.25, 0.3) is 0 Å². The molecule has 0 bridgehead atoms. The second-order valence-electron chi connectivity index (χ2n) is 7.12. The van der Waals surface area contributed by atoms with Gasteiger partial charge in [-0.1, -0.05) is 38.1 Å². The van der Waals surface area contributed by atoms with Crippen molar-refractivity contribution >= 4 is 27.7 Å². The first kappa shape index (κ1) is 19.1. The average molecular weight is 366 g/mol. The third-order valence-electron chi connectivity index (χ3n) is 4.42. The van der Waals surface area contributed by atoms with Crippen LogP contribution < -0.4 is 10.7 Å². The Hall–Kier alpha value is -2.66. The van der Waals surface area contributed by atoms with E-state index in [4.69, 9.17) is 4.74 Å². The number of hydrogen-bond acceptors (Lipinski definition) is 3. The fourth-order valence-corrected chi connectivity index (χ4v) is 3.17. The first-order valence-corrected chi connectivity index (χ1v) is 9.42. The van der Waals surface area contributed by atoms with E-state index in [0.29, 0.717) is 29.8 Å². The van der Waals surface area contributed by atoms with E-state index >= 15 is 0 Å². The lowest BCUT2D eigenvalue weighted by atomic mass is 10.1. The number of nitrogens with one attached hydrogen (secondary N) is 1. The number of fused-ring (bicyclic) bond motifs is 2. The highest BCUT2D eigenvalue weighted by Gasteiger charge is 2.12. The molecule has 0 aliphatic heterocycles. The fourth-order valence-electron chi connectivity index (χ4n) is 3.17. The Kier molecular flexibility index (Phi) is 6.24. The first-order chi connectivity index (χ1) is 13.1. The molecule has 27 heavy (non-hydrogen) atoms. The number of benzene rings is 2. The zero-order valence-electron chi connectivity index (χ0n) is 15.9. The molecule has 3 rings (SSSR count). The van der Waals surface area contributed by atoms with Crippen LogP contribution in [0.15, 0.2) is 53.3 Å². The predicted molar refractivity (Wildman–Crippen MR) is 109 cm³/mol. The van der Waals surface area contributed by atoms with Crippen LogP contribution in [-0.2, 0) is 16.1 Å². The Morgan fingerprint density at radius 1 is 1.04 bits per heavy atom. The average Bonchev–Trinajstić information content (AvgIpc) is 2.67. The Labute approximate surface area is 158 Å². The number of carbonyl (C=O) groups is 1. The standard InChI is InChI=1S/C22H26N2O3/c1-16(2)15-27-13-7-12-23-21(25)14-24-19-10-5-3-8-17(19)22(26)18-9-4-6-11-20(18)24/h3-6,8-11,16H,7,12-15H2,1-2H3,(H,23,25). The maximum absolute atomic E-state index is 12.7. The van der Waals surface area contributed by atoms with Crippen molar-refractivity contribution in [2.24, 2.45) is 5.92 Å². The van der Waals surface area contributed by atoms with E-state index in [-0.39, 0.29) is 17.9 Å². The molecule has 5 nitrogen and oxygen atoms in total. The minimum atomic E-state index is -0.0715. The molecule has 2 aromatic carbocycles. The van der Waals surface area contributed by atoms with Gasteiger partial charge in [-0.15, -0.1) is 0 Å². The zero-order valence-corrected chi connectivity index (χ0v) is 15.9. The predicted octanol–water partition coefficient (Wildman–Crippen LogP) is 3.33. The van der Waals surface area contributed by atoms with Gasteiger partial charge in [-0.3, -0.25) is 9.59 Å². The lowest BCUT2D eigenvalue weighted by molar-refractivity contribution is -0.121. The van der Waals surface area contributed by atoms with E-state index in [1.165, 1.54) is 0 Å². The summed E-state index contributed by atoms with van der Waals surface area (Å²) in [7, 11) is 0. The quantitative estimate of drug-likeness (QED) is 0.491. The van der Waals surface area contributed by atoms with E-state index in [1.54, 1.807) is 0 Å². The number of rotatable bonds is 8. The number of aromatic nitrogens is 1. The summed E-state index contributed by atoms with van der Waals surface area (Å²) in [6, 6.07) is 14.9. The molecule has 1 aromatic heterocycles. The summed E-state index contributed by atoms with van der Waals surface area (Å²) in [6.07, 6.45) is 0.782. The van der Waals surface area contributed by atoms with Crippen molar-refractivity contribution in [3.63, 3.8) is 0 Å². The van der Waals surface area contributed by atoms with Crippen molar-refractivity contribution in [3.8, 4) is 0 Å². The van der Waals surface area contributed by atoms with E-state index < -0.39 is 0 Å². The highest BCUT2D eigenvalue weighted by Crippen LogP contribution is 2.18. The number of pyridine rings is 1. The number of ether oxygens (including phenoxy) is 1. The summed E-state index contributed by atoms with van der Waals surface area (Å²) < 4.78 is 7.45. The van der Waals surface area contributed by atoms with Gasteiger partial charge < -0.3 is 14.6 Å². The molecule has 1 N–H and O–H groups in total. The third kappa shape index (κ3) is 4.55. The Morgan fingerprint density at radius 3 is 2.22 bits per heavy atom. The largest absolute Gasteiger partial charge is 0.381 e. The van der Waals surface area contributed by atoms with Crippen LogP contribution >= 0.6 is 0 Å². The molecular formula is C22H26N2O3. The summed E-state index contributed by atoms with van der Waals surface area (Å²) in [5.41, 5.74) is 1.55. The maximum atomic E-state index is 12.7. The molecule has 0 saturated carbocycles. The molecule has 0 atom stereocenters. The van der Waals surface area contributed by atoms with Crippen LogP contribution in [0.25, 0.3) is 21.8 Å². The number of para-hydroxylation sites is 2. The Bertz CT molecular complexity index is 932. The summed E-state index contributed by atoms with van der Waals surface area (Å²) in [4.78, 5) is 25.2. The van der Waals surface area contributed by atoms with Gasteiger partial charge in [0.2, 0.25) is 5.91 Å². The van der Waals surface area contributed by atoms with Gasteiger partial charge in [0, 0.05) is 30.5 Å². The summed E-state index contributed by atoms with van der Waals surface area (Å²) in [5.74, 6) is 0.444. The molecule has 1 amide bonds. The third-order valence-corrected chi connectivity index (χ3v) is 4.42. The van der Waals surface area contributed by atoms with Crippen LogP contribution in [0.2, 0.25) is 0 Å². The first-order valence-electron chi connectivity index (χ1n) is 9.42. The van der Waals surface area contributed by atoms with Crippen LogP contribution in [-0.4, -0.2) is 30.2 Å². The molecule has 3 aromatic rings. The molecule has 0 spiro atoms. The van der Waals surface area contributed by atoms with Crippen molar-refractivity contribution < 1.29 is 9.53 Å². The van der Waals surface area contributed by atoms with Crippen LogP contribution in [0.3, 0.4) is 0 Å². The SMILES string of the molecule is CC(C)COCCCNC(=O)Cn1c2ccccc2c(=O)c2ccccc21. The second-order valence-corrected chi connectivity index (χ2v) is 7.12. The molecule has 0 unspecified atom stereocenters. The van der Waals surface area contributed by atoms with Crippen molar-refractivity contribution in [2.45, 2.75) is 26.8 Å². The Balaban J connectivity index is 1.75. The lowest BCUT2D eigenvalue weighted by Gasteiger charge is -2.15. The van der Waals surface area contributed by atoms with Crippen molar-refractivity contribution in [3.05, 3.63) is 58.8 Å². The minimum absolute atomic E-state index is 0.000148. The van der Waals surface area contributed by atoms with Gasteiger partial charge in [-0.25, -0.2) is 0 Å². The van der Waals surface area contributed by atoms with Crippen LogP contribution in [0, 0.1) is 5.92 Å². The molecule has 1 heterocycles. The number of nitrogens with zero attached hydrogens (tertiary/aromatic N) is 1. The second kappa shape index (κ2) is 8.82. The maximum Gasteiger partial charge on any atom is 0.239 e. The van der Waals surface area contributed by atoms with E-state index in [0.717, 1.165) is 24.1 Å². The van der Waals surface area contributed by atoms with Gasteiger partial charge in [0.1, 0.15) is 6.54 Å². The summed E-state index contributed by atoms with van der Waals surface area (Å²) in [5, 5.41) is 4.21. The van der Waals surface area contributed by atoms with Crippen LogP contribution in [0.4, 0.5) is 0 Å². The van der Waals surface area contributed by atoms with Crippen molar-refractivity contribution in [2.75, 3.05) is 19.8 Å². The Morgan fingerprint density at radius 2 is 1.63 bits per heavy atom. The molecule has 0 fully saturated rings. The van der Waals surface area contributed by atoms with Crippen LogP contribution in [0.1, 0.15) is 20.3 Å². The van der Waals surface area contributed by atoms with Gasteiger partial charge >= 0.3 is 0 Å². The topological polar surface area (TPSA) is 60.3 Å². The van der Waals surface area contributed by atoms with Gasteiger partial charge in [0.15, 0.2) is 5.43 Å². The summed E-state index contributed by atoms with van der Waals surface area (Å²) in [6.45, 7) is 6.36. The van der Waals surface area contributed by atoms with E-state index in [9.17, 15) is 9.59 Å². The highest BCUT2D eigenvalue weighted by atomic mass is 16.5. The molecule has 5 heteroatoms. The molecule has 0 aliphatic carbocycles. The monoisotopic (exact) mass is 366 g/mol. The van der Waals surface area contributed by atoms with Crippen molar-refractivity contribution in [1.82, 2.24) is 9.88 Å². The number of hydrogen-bond donors (Lipinski definition) is 1. The zero-order chi connectivity index (χ0) is 19.2. The van der Waals surface area contributed by atoms with Gasteiger partial charge in [-0.2, -0.15) is 0 Å². The van der Waals surface area contributed by atoms with Crippen LogP contribution in [0.5, 0.6) is 0 Å². The molecular weight excluding hydrogens is 340 g/mol. The minimum Gasteiger partial charge on any atom is -0.381 e. The molecule has 0 aliphatic rings. The van der Waals surface area contributed by atoms with Crippen molar-refractivity contribution in [1.29, 1.82) is 0 Å². The number of carbonyl (C=O) groups excluding carboxylic acids is 1. The molecule has 0 radical (unpaired) electrons. The van der Waals surface area contributed by atoms with Gasteiger partial charge in [-0.05, 0) is 36.6 Å². The lowest BCUT2D eigenvalue weighted by Crippen LogP contribution is -2.30. The highest BCUT2D eigenvalue weighted by molar-refractivity contribution is 5.94. The number of amides is 1. The van der Waals surface area contributed by atoms with E-state index in [2.05, 4.69) is 19.2 Å². The van der Waals surface area contributed by atoms with Gasteiger partial charge in [0.05, 0.1) is 11.0 Å². The normalized spacial score (nSPS) is 11.4. The summed E-state index contributed by atoms with van der Waals surface area (Å²) >= 11 is 0. The fraction of sp³-hybridized carbons (Fsp3) is 0.364. The molecule has 0 saturated heterocycles. The van der Waals surface area contributed by atoms with E-state index in [1.807, 2.05) is 53.1 Å². The molecule has 142 valence electrons. The smallest absolute Gasteiger partial charge is 0.239 e.